The van der Waals surface area contributed by atoms with Crippen LogP contribution in [0, 0.1) is 0 Å². The van der Waals surface area contributed by atoms with Gasteiger partial charge in [-0.3, -0.25) is 9.39 Å². The van der Waals surface area contributed by atoms with Crippen molar-refractivity contribution >= 4 is 17.7 Å². The summed E-state index contributed by atoms with van der Waals surface area (Å²) in [6, 6.07) is 5.85. The van der Waals surface area contributed by atoms with Gasteiger partial charge in [-0.05, 0) is 39.3 Å². The first-order valence-corrected chi connectivity index (χ1v) is 9.65. The summed E-state index contributed by atoms with van der Waals surface area (Å²) in [5, 5.41) is 8.38. The van der Waals surface area contributed by atoms with Crippen LogP contribution < -0.4 is 5.73 Å². The molecule has 1 amide bonds. The van der Waals surface area contributed by atoms with Crippen molar-refractivity contribution in [1.29, 1.82) is 0 Å². The van der Waals surface area contributed by atoms with E-state index < -0.39 is 5.60 Å². The second-order valence-corrected chi connectivity index (χ2v) is 7.84. The van der Waals surface area contributed by atoms with E-state index in [4.69, 9.17) is 10.5 Å². The summed E-state index contributed by atoms with van der Waals surface area (Å²) in [6.45, 7) is 8.71. The van der Waals surface area contributed by atoms with Gasteiger partial charge in [0.2, 0.25) is 0 Å². The third kappa shape index (κ3) is 5.11. The number of amides is 1. The molecule has 0 aliphatic carbocycles. The lowest BCUT2D eigenvalue weighted by molar-refractivity contribution is 0.0186. The van der Waals surface area contributed by atoms with Crippen LogP contribution in [-0.4, -0.2) is 74.8 Å². The number of pyridine rings is 1. The third-order valence-electron chi connectivity index (χ3n) is 4.47. The number of ether oxygens (including phenoxy) is 1. The molecule has 9 heteroatoms. The van der Waals surface area contributed by atoms with Crippen LogP contribution in [0.25, 0.3) is 5.65 Å². The quantitative estimate of drug-likeness (QED) is 0.485. The van der Waals surface area contributed by atoms with Crippen LogP contribution in [0.15, 0.2) is 29.4 Å². The normalized spacial score (nSPS) is 15.9. The highest BCUT2D eigenvalue weighted by molar-refractivity contribution is 5.78. The van der Waals surface area contributed by atoms with Crippen LogP contribution in [0.2, 0.25) is 0 Å². The summed E-state index contributed by atoms with van der Waals surface area (Å²) in [6.07, 6.45) is 3.32. The number of aromatic nitrogens is 3. The molecule has 2 aromatic heterocycles. The number of carbonyl (C=O) groups excluding carboxylic acids is 1. The first kappa shape index (κ1) is 19.9. The lowest BCUT2D eigenvalue weighted by Crippen LogP contribution is -2.53. The van der Waals surface area contributed by atoms with Crippen molar-refractivity contribution in [3.63, 3.8) is 0 Å². The fourth-order valence-corrected chi connectivity index (χ4v) is 3.04. The summed E-state index contributed by atoms with van der Waals surface area (Å²) >= 11 is 0. The van der Waals surface area contributed by atoms with Crippen molar-refractivity contribution in [3.8, 4) is 0 Å². The van der Waals surface area contributed by atoms with Crippen LogP contribution in [-0.2, 0) is 11.2 Å². The molecule has 0 radical (unpaired) electrons. The molecule has 0 saturated carbocycles. The van der Waals surface area contributed by atoms with Gasteiger partial charge in [0, 0.05) is 45.3 Å². The van der Waals surface area contributed by atoms with Crippen molar-refractivity contribution in [2.24, 2.45) is 10.7 Å². The molecule has 0 bridgehead atoms. The molecule has 0 unspecified atom stereocenters. The number of rotatable bonds is 4. The molecule has 1 aliphatic rings. The second kappa shape index (κ2) is 8.45. The summed E-state index contributed by atoms with van der Waals surface area (Å²) in [4.78, 5) is 20.3. The minimum absolute atomic E-state index is 0.275. The maximum atomic E-state index is 12.1. The van der Waals surface area contributed by atoms with Gasteiger partial charge in [0.1, 0.15) is 11.4 Å². The first-order valence-electron chi connectivity index (χ1n) is 9.65. The van der Waals surface area contributed by atoms with Gasteiger partial charge in [-0.2, -0.15) is 0 Å². The van der Waals surface area contributed by atoms with Crippen molar-refractivity contribution in [2.45, 2.75) is 39.2 Å². The zero-order valence-corrected chi connectivity index (χ0v) is 16.8. The summed E-state index contributed by atoms with van der Waals surface area (Å²) < 4.78 is 7.40. The van der Waals surface area contributed by atoms with Gasteiger partial charge < -0.3 is 20.3 Å². The van der Waals surface area contributed by atoms with E-state index in [0.717, 1.165) is 24.3 Å². The van der Waals surface area contributed by atoms with Crippen LogP contribution in [0.1, 0.15) is 33.0 Å². The molecule has 1 aliphatic heterocycles. The van der Waals surface area contributed by atoms with Crippen molar-refractivity contribution in [2.75, 3.05) is 32.7 Å². The van der Waals surface area contributed by atoms with E-state index in [1.165, 1.54) is 0 Å². The largest absolute Gasteiger partial charge is 0.444 e. The maximum Gasteiger partial charge on any atom is 0.410 e. The van der Waals surface area contributed by atoms with E-state index in [-0.39, 0.29) is 6.09 Å². The molecule has 9 nitrogen and oxygen atoms in total. The first-order chi connectivity index (χ1) is 13.3. The summed E-state index contributed by atoms with van der Waals surface area (Å²) in [5.74, 6) is 1.45. The van der Waals surface area contributed by atoms with E-state index in [1.54, 1.807) is 4.90 Å². The Bertz CT molecular complexity index is 832. The van der Waals surface area contributed by atoms with Gasteiger partial charge in [0.15, 0.2) is 11.6 Å². The van der Waals surface area contributed by atoms with E-state index in [0.29, 0.717) is 38.7 Å². The predicted octanol–water partition coefficient (Wildman–Crippen LogP) is 1.53. The standard InChI is InChI=1S/C19H29N7O2/c1-19(2,3)28-18(27)25-13-11-24(12-14-25)17(20)21-9-6-8-16-23-22-15-7-4-5-10-26(15)16/h4-5,7,10H,6,8-9,11-14H2,1-3H3,(H2,20,21). The molecule has 2 N–H and O–H groups in total. The molecule has 0 aromatic carbocycles. The zero-order chi connectivity index (χ0) is 20.1. The van der Waals surface area contributed by atoms with E-state index >= 15 is 0 Å². The van der Waals surface area contributed by atoms with Gasteiger partial charge in [-0.25, -0.2) is 4.79 Å². The molecular weight excluding hydrogens is 358 g/mol. The molecule has 0 spiro atoms. The minimum Gasteiger partial charge on any atom is -0.444 e. The Balaban J connectivity index is 1.43. The number of nitrogens with zero attached hydrogens (tertiary/aromatic N) is 6. The molecule has 3 rings (SSSR count). The van der Waals surface area contributed by atoms with Crippen molar-refractivity contribution in [1.82, 2.24) is 24.4 Å². The van der Waals surface area contributed by atoms with Gasteiger partial charge in [0.25, 0.3) is 0 Å². The number of fused-ring (bicyclic) bond motifs is 1. The minimum atomic E-state index is -0.482. The number of nitrogens with two attached hydrogens (primary N) is 1. The fraction of sp³-hybridized carbons (Fsp3) is 0.579. The third-order valence-corrected chi connectivity index (χ3v) is 4.47. The van der Waals surface area contributed by atoms with Crippen LogP contribution >= 0.6 is 0 Å². The molecular formula is C19H29N7O2. The zero-order valence-electron chi connectivity index (χ0n) is 16.8. The van der Waals surface area contributed by atoms with Gasteiger partial charge in [0.05, 0.1) is 0 Å². The number of aliphatic imine (C=N–C) groups is 1. The predicted molar refractivity (Wildman–Crippen MR) is 107 cm³/mol. The van der Waals surface area contributed by atoms with E-state index in [1.807, 2.05) is 54.5 Å². The highest BCUT2D eigenvalue weighted by atomic mass is 16.6. The fourth-order valence-electron chi connectivity index (χ4n) is 3.04. The molecule has 1 fully saturated rings. The number of aryl methyl sites for hydroxylation is 1. The Kier molecular flexibility index (Phi) is 6.01. The number of carbonyl (C=O) groups is 1. The Morgan fingerprint density at radius 1 is 1.18 bits per heavy atom. The van der Waals surface area contributed by atoms with Gasteiger partial charge >= 0.3 is 6.09 Å². The lowest BCUT2D eigenvalue weighted by Gasteiger charge is -2.36. The monoisotopic (exact) mass is 387 g/mol. The van der Waals surface area contributed by atoms with E-state index in [9.17, 15) is 4.79 Å². The number of piperazine rings is 1. The van der Waals surface area contributed by atoms with E-state index in [2.05, 4.69) is 15.2 Å². The molecule has 28 heavy (non-hydrogen) atoms. The summed E-state index contributed by atoms with van der Waals surface area (Å²) in [7, 11) is 0. The van der Waals surface area contributed by atoms with Crippen molar-refractivity contribution < 1.29 is 9.53 Å². The Hall–Kier alpha value is -2.84. The molecule has 1 saturated heterocycles. The number of hydrogen-bond donors (Lipinski definition) is 1. The Morgan fingerprint density at radius 3 is 2.61 bits per heavy atom. The summed E-state index contributed by atoms with van der Waals surface area (Å²) in [5.41, 5.74) is 6.50. The van der Waals surface area contributed by atoms with Crippen LogP contribution in [0.4, 0.5) is 4.79 Å². The van der Waals surface area contributed by atoms with Crippen LogP contribution in [0.3, 0.4) is 0 Å². The Labute approximate surface area is 165 Å². The SMILES string of the molecule is CC(C)(C)OC(=O)N1CCN(C(N)=NCCCc2nnc3ccccn23)CC1. The molecule has 2 aromatic rings. The Morgan fingerprint density at radius 2 is 1.89 bits per heavy atom. The smallest absolute Gasteiger partial charge is 0.410 e. The number of hydrogen-bond acceptors (Lipinski definition) is 5. The van der Waals surface area contributed by atoms with Gasteiger partial charge in [-0.1, -0.05) is 6.07 Å². The highest BCUT2D eigenvalue weighted by Gasteiger charge is 2.26. The molecule has 152 valence electrons. The van der Waals surface area contributed by atoms with Gasteiger partial charge in [-0.15, -0.1) is 10.2 Å². The lowest BCUT2D eigenvalue weighted by atomic mass is 10.2. The number of guanidine groups is 1. The second-order valence-electron chi connectivity index (χ2n) is 7.84. The van der Waals surface area contributed by atoms with Crippen molar-refractivity contribution in [3.05, 3.63) is 30.2 Å². The molecule has 3 heterocycles. The average molecular weight is 387 g/mol. The average Bonchev–Trinajstić information content (AvgIpc) is 3.07. The molecule has 0 atom stereocenters. The highest BCUT2D eigenvalue weighted by Crippen LogP contribution is 2.12. The van der Waals surface area contributed by atoms with Crippen LogP contribution in [0.5, 0.6) is 0 Å². The topological polar surface area (TPSA) is 101 Å². The maximum absolute atomic E-state index is 12.1.